The SMILES string of the molecule is CCc1cc(C(=O)Cc2ccncc2Cl)n(CC)n1. The van der Waals surface area contributed by atoms with E-state index in [0.717, 1.165) is 17.7 Å². The van der Waals surface area contributed by atoms with Crippen molar-refractivity contribution in [2.24, 2.45) is 0 Å². The number of hydrogen-bond acceptors (Lipinski definition) is 3. The standard InChI is InChI=1S/C14H16ClN3O/c1-3-11-8-13(18(4-2)17-11)14(19)7-10-5-6-16-9-12(10)15/h5-6,8-9H,3-4,7H2,1-2H3. The van der Waals surface area contributed by atoms with Crippen LogP contribution in [-0.2, 0) is 19.4 Å². The third-order valence-corrected chi connectivity index (χ3v) is 3.33. The van der Waals surface area contributed by atoms with E-state index in [9.17, 15) is 4.79 Å². The Labute approximate surface area is 117 Å². The Morgan fingerprint density at radius 3 is 2.84 bits per heavy atom. The van der Waals surface area contributed by atoms with Gasteiger partial charge in [0.1, 0.15) is 5.69 Å². The molecule has 2 heterocycles. The van der Waals surface area contributed by atoms with Gasteiger partial charge < -0.3 is 0 Å². The second kappa shape index (κ2) is 5.97. The van der Waals surface area contributed by atoms with Crippen molar-refractivity contribution in [1.82, 2.24) is 14.8 Å². The maximum atomic E-state index is 12.3. The Morgan fingerprint density at radius 2 is 2.21 bits per heavy atom. The predicted molar refractivity (Wildman–Crippen MR) is 74.6 cm³/mol. The maximum absolute atomic E-state index is 12.3. The van der Waals surface area contributed by atoms with E-state index in [0.29, 0.717) is 17.3 Å². The topological polar surface area (TPSA) is 47.8 Å². The highest BCUT2D eigenvalue weighted by atomic mass is 35.5. The second-order valence-electron chi connectivity index (χ2n) is 4.26. The first-order valence-corrected chi connectivity index (χ1v) is 6.71. The molecule has 2 aromatic heterocycles. The van der Waals surface area contributed by atoms with E-state index in [1.54, 1.807) is 23.1 Å². The minimum atomic E-state index is 0.0298. The number of carbonyl (C=O) groups excluding carboxylic acids is 1. The van der Waals surface area contributed by atoms with E-state index in [4.69, 9.17) is 11.6 Å². The third kappa shape index (κ3) is 3.01. The molecule has 0 atom stereocenters. The summed E-state index contributed by atoms with van der Waals surface area (Å²) in [7, 11) is 0. The number of nitrogens with zero attached hydrogens (tertiary/aromatic N) is 3. The van der Waals surface area contributed by atoms with Crippen molar-refractivity contribution in [2.45, 2.75) is 33.2 Å². The lowest BCUT2D eigenvalue weighted by Gasteiger charge is -2.05. The van der Waals surface area contributed by atoms with Crippen LogP contribution in [0.15, 0.2) is 24.5 Å². The van der Waals surface area contributed by atoms with Gasteiger partial charge in [-0.2, -0.15) is 5.10 Å². The maximum Gasteiger partial charge on any atom is 0.185 e. The molecule has 0 saturated heterocycles. The number of carbonyl (C=O) groups is 1. The van der Waals surface area contributed by atoms with Crippen molar-refractivity contribution < 1.29 is 4.79 Å². The van der Waals surface area contributed by atoms with Crippen LogP contribution in [0.1, 0.15) is 35.6 Å². The first-order chi connectivity index (χ1) is 9.15. The van der Waals surface area contributed by atoms with Crippen molar-refractivity contribution >= 4 is 17.4 Å². The van der Waals surface area contributed by atoms with Crippen LogP contribution in [-0.4, -0.2) is 20.5 Å². The number of rotatable bonds is 5. The quantitative estimate of drug-likeness (QED) is 0.790. The molecule has 0 saturated carbocycles. The van der Waals surface area contributed by atoms with Gasteiger partial charge in [-0.25, -0.2) is 0 Å². The molecule has 0 radical (unpaired) electrons. The molecule has 0 unspecified atom stereocenters. The van der Waals surface area contributed by atoms with Crippen molar-refractivity contribution in [2.75, 3.05) is 0 Å². The Kier molecular flexibility index (Phi) is 4.32. The summed E-state index contributed by atoms with van der Waals surface area (Å²) in [4.78, 5) is 16.3. The van der Waals surface area contributed by atoms with Crippen LogP contribution in [0.5, 0.6) is 0 Å². The monoisotopic (exact) mass is 277 g/mol. The minimum Gasteiger partial charge on any atom is -0.292 e. The molecule has 0 N–H and O–H groups in total. The summed E-state index contributed by atoms with van der Waals surface area (Å²) in [5.41, 5.74) is 2.38. The molecule has 0 aliphatic rings. The second-order valence-corrected chi connectivity index (χ2v) is 4.66. The summed E-state index contributed by atoms with van der Waals surface area (Å²) < 4.78 is 1.75. The van der Waals surface area contributed by atoms with Gasteiger partial charge in [0.05, 0.1) is 10.7 Å². The van der Waals surface area contributed by atoms with Crippen molar-refractivity contribution in [3.8, 4) is 0 Å². The van der Waals surface area contributed by atoms with Gasteiger partial charge in [0, 0.05) is 25.4 Å². The van der Waals surface area contributed by atoms with Crippen LogP contribution in [0, 0.1) is 0 Å². The first kappa shape index (κ1) is 13.7. The predicted octanol–water partition coefficient (Wildman–Crippen LogP) is 2.94. The molecule has 0 aromatic carbocycles. The summed E-state index contributed by atoms with van der Waals surface area (Å²) in [5, 5.41) is 4.91. The van der Waals surface area contributed by atoms with E-state index in [1.807, 2.05) is 19.9 Å². The van der Waals surface area contributed by atoms with E-state index in [1.165, 1.54) is 0 Å². The first-order valence-electron chi connectivity index (χ1n) is 6.34. The van der Waals surface area contributed by atoms with E-state index >= 15 is 0 Å². The molecule has 2 rings (SSSR count). The molecule has 19 heavy (non-hydrogen) atoms. The van der Waals surface area contributed by atoms with Gasteiger partial charge in [-0.3, -0.25) is 14.5 Å². The number of aromatic nitrogens is 3. The molecule has 4 nitrogen and oxygen atoms in total. The molecule has 0 aliphatic heterocycles. The summed E-state index contributed by atoms with van der Waals surface area (Å²) in [6.07, 6.45) is 4.29. The number of halogens is 1. The number of pyridine rings is 1. The van der Waals surface area contributed by atoms with Crippen LogP contribution in [0.4, 0.5) is 0 Å². The third-order valence-electron chi connectivity index (χ3n) is 2.99. The van der Waals surface area contributed by atoms with Gasteiger partial charge in [0.2, 0.25) is 0 Å². The lowest BCUT2D eigenvalue weighted by Crippen LogP contribution is -2.12. The number of ketones is 1. The highest BCUT2D eigenvalue weighted by Gasteiger charge is 2.15. The zero-order valence-electron chi connectivity index (χ0n) is 11.1. The molecule has 0 bridgehead atoms. The van der Waals surface area contributed by atoms with Crippen molar-refractivity contribution in [3.05, 3.63) is 46.5 Å². The average molecular weight is 278 g/mol. The Balaban J connectivity index is 2.25. The van der Waals surface area contributed by atoms with Crippen LogP contribution >= 0.6 is 11.6 Å². The fourth-order valence-corrected chi connectivity index (χ4v) is 2.11. The zero-order valence-corrected chi connectivity index (χ0v) is 11.8. The zero-order chi connectivity index (χ0) is 13.8. The summed E-state index contributed by atoms with van der Waals surface area (Å²) >= 11 is 6.02. The smallest absolute Gasteiger partial charge is 0.185 e. The molecule has 0 aliphatic carbocycles. The fourth-order valence-electron chi connectivity index (χ4n) is 1.92. The molecular weight excluding hydrogens is 262 g/mol. The number of hydrogen-bond donors (Lipinski definition) is 0. The summed E-state index contributed by atoms with van der Waals surface area (Å²) in [6.45, 7) is 4.68. The molecular formula is C14H16ClN3O. The molecule has 0 amide bonds. The fraction of sp³-hybridized carbons (Fsp3) is 0.357. The van der Waals surface area contributed by atoms with E-state index in [2.05, 4.69) is 10.1 Å². The van der Waals surface area contributed by atoms with Crippen LogP contribution in [0.3, 0.4) is 0 Å². The largest absolute Gasteiger partial charge is 0.292 e. The van der Waals surface area contributed by atoms with E-state index in [-0.39, 0.29) is 12.2 Å². The Morgan fingerprint density at radius 1 is 1.42 bits per heavy atom. The Hall–Kier alpha value is -1.68. The van der Waals surface area contributed by atoms with Gasteiger partial charge in [-0.1, -0.05) is 18.5 Å². The molecule has 0 spiro atoms. The van der Waals surface area contributed by atoms with Crippen LogP contribution in [0.25, 0.3) is 0 Å². The molecule has 5 heteroatoms. The minimum absolute atomic E-state index is 0.0298. The van der Waals surface area contributed by atoms with Crippen LogP contribution < -0.4 is 0 Å². The van der Waals surface area contributed by atoms with Crippen molar-refractivity contribution in [1.29, 1.82) is 0 Å². The summed E-state index contributed by atoms with van der Waals surface area (Å²) in [5.74, 6) is 0.0298. The Bertz CT molecular complexity index is 592. The normalized spacial score (nSPS) is 10.7. The number of Topliss-reactive ketones (excluding diaryl/α,β-unsaturated/α-hetero) is 1. The summed E-state index contributed by atoms with van der Waals surface area (Å²) in [6, 6.07) is 3.63. The van der Waals surface area contributed by atoms with E-state index < -0.39 is 0 Å². The lowest BCUT2D eigenvalue weighted by molar-refractivity contribution is 0.0983. The van der Waals surface area contributed by atoms with Gasteiger partial charge in [-0.05, 0) is 31.0 Å². The molecule has 100 valence electrons. The van der Waals surface area contributed by atoms with Gasteiger partial charge in [0.15, 0.2) is 5.78 Å². The highest BCUT2D eigenvalue weighted by molar-refractivity contribution is 6.31. The van der Waals surface area contributed by atoms with Crippen LogP contribution in [0.2, 0.25) is 5.02 Å². The number of aryl methyl sites for hydroxylation is 2. The molecule has 0 fully saturated rings. The lowest BCUT2D eigenvalue weighted by atomic mass is 10.1. The van der Waals surface area contributed by atoms with Crippen molar-refractivity contribution in [3.63, 3.8) is 0 Å². The van der Waals surface area contributed by atoms with Gasteiger partial charge >= 0.3 is 0 Å². The van der Waals surface area contributed by atoms with Gasteiger partial charge in [0.25, 0.3) is 0 Å². The highest BCUT2D eigenvalue weighted by Crippen LogP contribution is 2.17. The van der Waals surface area contributed by atoms with Gasteiger partial charge in [-0.15, -0.1) is 0 Å². The molecule has 2 aromatic rings. The average Bonchev–Trinajstić information content (AvgIpc) is 2.84.